The van der Waals surface area contributed by atoms with E-state index in [1.165, 1.54) is 142 Å². The molecule has 0 spiro atoms. The van der Waals surface area contributed by atoms with Gasteiger partial charge in [0, 0.05) is 65.8 Å². The predicted molar refractivity (Wildman–Crippen MR) is 511 cm³/mol. The largest absolute Gasteiger partial charge is 0.309 e. The van der Waals surface area contributed by atoms with Crippen LogP contribution in [0.1, 0.15) is 5.56 Å². The quantitative estimate of drug-likeness (QED) is 0.0790. The number of nitrogens with zero attached hydrogens (tertiary/aromatic N) is 5. The predicted octanol–water partition coefficient (Wildman–Crippen LogP) is 27.0. The Morgan fingerprint density at radius 2 is 0.380 bits per heavy atom. The molecule has 5 nitrogen and oxygen atoms in total. The van der Waals surface area contributed by atoms with Crippen molar-refractivity contribution in [3.63, 3.8) is 0 Å². The summed E-state index contributed by atoms with van der Waals surface area (Å²) in [6.45, 7) is 0. The number of aromatic nitrogens is 4. The van der Waals surface area contributed by atoms with E-state index in [4.69, 9.17) is 0 Å². The molecule has 4 heterocycles. The van der Waals surface area contributed by atoms with Crippen molar-refractivity contribution >= 4 is 116 Å². The molecule has 0 saturated heterocycles. The van der Waals surface area contributed by atoms with Gasteiger partial charge in [-0.3, -0.25) is 0 Å². The Morgan fingerprint density at radius 1 is 0.157 bits per heavy atom. The standard InChI is InChI=1S/C66H46N2Si.C49H31N3/c1-5-18-47(19-6-1)49-20-17-21-50(44-49)48-32-36-53(37-33-48)67-63-30-15-13-28-59(63)61-45-51(34-42-65(61)67)52-35-43-66-62(46-52)60-29-14-16-31-64(60)68(66)54-38-40-58(41-39-54)69(55-22-7-2-8-23-55,56-24-9-3-10-25-56)57-26-11-4-12-27-57;50-32-33-18-25-47-43(28-33)45-31-39(38-21-26-48-44(30-38)42-16-7-8-17-46(42)51(48)40-14-5-2-6-15-40)22-27-49(45)52(47)41-23-19-35(20-24-41)37-13-9-12-36(29-37)34-10-3-1-4-11-34/h1-46H;1-31H. The maximum absolute atomic E-state index is 9.87. The molecule has 0 amide bonds. The second kappa shape index (κ2) is 30.3. The van der Waals surface area contributed by atoms with Crippen LogP contribution in [0.4, 0.5) is 0 Å². The highest BCUT2D eigenvalue weighted by molar-refractivity contribution is 7.19. The Labute approximate surface area is 703 Å². The first-order valence-corrected chi connectivity index (χ1v) is 43.4. The molecule has 0 radical (unpaired) electrons. The Kier molecular flexibility index (Phi) is 17.9. The van der Waals surface area contributed by atoms with Crippen LogP contribution in [-0.4, -0.2) is 26.3 Å². The van der Waals surface area contributed by atoms with E-state index >= 15 is 0 Å². The number of hydrogen-bond donors (Lipinski definition) is 0. The van der Waals surface area contributed by atoms with Crippen LogP contribution < -0.4 is 20.7 Å². The summed E-state index contributed by atoms with van der Waals surface area (Å²) in [5.41, 5.74) is 28.8. The molecule has 566 valence electrons. The molecule has 0 aliphatic carbocycles. The molecule has 4 aromatic heterocycles. The van der Waals surface area contributed by atoms with E-state index < -0.39 is 8.07 Å². The fourth-order valence-corrected chi connectivity index (χ4v) is 23.7. The molecule has 0 fully saturated rings. The van der Waals surface area contributed by atoms with Gasteiger partial charge in [-0.05, 0) is 233 Å². The molecule has 23 rings (SSSR count). The van der Waals surface area contributed by atoms with Gasteiger partial charge in [0.05, 0.1) is 55.8 Å². The zero-order chi connectivity index (χ0) is 80.3. The molecular weight excluding hydrogens is 1480 g/mol. The van der Waals surface area contributed by atoms with Gasteiger partial charge in [0.15, 0.2) is 8.07 Å². The molecule has 0 unspecified atom stereocenters. The number of benzene rings is 19. The van der Waals surface area contributed by atoms with Gasteiger partial charge < -0.3 is 18.3 Å². The lowest BCUT2D eigenvalue weighted by Gasteiger charge is -2.34. The molecule has 6 heteroatoms. The number of fused-ring (bicyclic) bond motifs is 12. The average Bonchev–Trinajstić information content (AvgIpc) is 1.68. The fourth-order valence-electron chi connectivity index (χ4n) is 19.0. The molecule has 0 aliphatic heterocycles. The third kappa shape index (κ3) is 12.5. The Hall–Kier alpha value is -15.9. The van der Waals surface area contributed by atoms with E-state index in [0.717, 1.165) is 55.7 Å². The summed E-state index contributed by atoms with van der Waals surface area (Å²) < 4.78 is 9.51. The first kappa shape index (κ1) is 71.6. The van der Waals surface area contributed by atoms with Crippen molar-refractivity contribution in [3.8, 4) is 95.6 Å². The second-order valence-corrected chi connectivity index (χ2v) is 35.2. The van der Waals surface area contributed by atoms with Gasteiger partial charge >= 0.3 is 0 Å². The van der Waals surface area contributed by atoms with E-state index in [1.807, 2.05) is 18.2 Å². The summed E-state index contributed by atoms with van der Waals surface area (Å²) >= 11 is 0. The third-order valence-corrected chi connectivity index (χ3v) is 29.4. The van der Waals surface area contributed by atoms with Crippen molar-refractivity contribution in [2.24, 2.45) is 0 Å². The summed E-state index contributed by atoms with van der Waals surface area (Å²) in [7, 11) is -2.65. The minimum absolute atomic E-state index is 0.653. The van der Waals surface area contributed by atoms with Crippen LogP contribution in [0.25, 0.3) is 177 Å². The van der Waals surface area contributed by atoms with E-state index in [1.54, 1.807) is 0 Å². The first-order chi connectivity index (χ1) is 59.9. The van der Waals surface area contributed by atoms with E-state index in [9.17, 15) is 5.26 Å². The normalized spacial score (nSPS) is 11.6. The monoisotopic (exact) mass is 1560 g/mol. The third-order valence-electron chi connectivity index (χ3n) is 24.6. The smallest absolute Gasteiger partial charge is 0.179 e. The van der Waals surface area contributed by atoms with E-state index in [2.05, 4.69) is 473 Å². The van der Waals surface area contributed by atoms with Crippen molar-refractivity contribution < 1.29 is 0 Å². The van der Waals surface area contributed by atoms with Crippen LogP contribution in [0.2, 0.25) is 0 Å². The van der Waals surface area contributed by atoms with Gasteiger partial charge in [-0.15, -0.1) is 0 Å². The molecule has 23 aromatic rings. The van der Waals surface area contributed by atoms with Crippen LogP contribution in [0.15, 0.2) is 467 Å². The topological polar surface area (TPSA) is 43.5 Å². The zero-order valence-corrected chi connectivity index (χ0v) is 67.2. The number of hydrogen-bond acceptors (Lipinski definition) is 1. The summed E-state index contributed by atoms with van der Waals surface area (Å²) in [5.74, 6) is 0. The van der Waals surface area contributed by atoms with Crippen molar-refractivity contribution in [1.29, 1.82) is 5.26 Å². The van der Waals surface area contributed by atoms with Crippen molar-refractivity contribution in [3.05, 3.63) is 473 Å². The molecular formula is C115H77N5Si. The Balaban J connectivity index is 0.000000151. The maximum Gasteiger partial charge on any atom is 0.179 e. The van der Waals surface area contributed by atoms with Crippen LogP contribution in [0.5, 0.6) is 0 Å². The second-order valence-electron chi connectivity index (χ2n) is 31.4. The van der Waals surface area contributed by atoms with E-state index in [-0.39, 0.29) is 0 Å². The average molecular weight is 1560 g/mol. The Bertz CT molecular complexity index is 7800. The molecule has 0 aliphatic rings. The van der Waals surface area contributed by atoms with Crippen LogP contribution in [-0.2, 0) is 0 Å². The summed E-state index contributed by atoms with van der Waals surface area (Å²) in [5, 5.41) is 25.0. The number of rotatable bonds is 14. The number of nitriles is 1. The Morgan fingerprint density at radius 3 is 0.719 bits per heavy atom. The lowest BCUT2D eigenvalue weighted by molar-refractivity contribution is 1.18. The van der Waals surface area contributed by atoms with Crippen molar-refractivity contribution in [1.82, 2.24) is 18.3 Å². The van der Waals surface area contributed by atoms with Crippen LogP contribution in [0.3, 0.4) is 0 Å². The van der Waals surface area contributed by atoms with E-state index in [0.29, 0.717) is 5.56 Å². The van der Waals surface area contributed by atoms with Gasteiger partial charge in [0.25, 0.3) is 0 Å². The minimum Gasteiger partial charge on any atom is -0.309 e. The first-order valence-electron chi connectivity index (χ1n) is 41.4. The van der Waals surface area contributed by atoms with Crippen molar-refractivity contribution in [2.45, 2.75) is 0 Å². The lowest BCUT2D eigenvalue weighted by atomic mass is 9.99. The van der Waals surface area contributed by atoms with Crippen LogP contribution in [0, 0.1) is 11.3 Å². The molecule has 0 atom stereocenters. The minimum atomic E-state index is -2.65. The lowest BCUT2D eigenvalue weighted by Crippen LogP contribution is -2.74. The molecule has 121 heavy (non-hydrogen) atoms. The SMILES string of the molecule is N#Cc1ccc2c(c1)c1cc(-c3ccc4c(c3)c3ccccc3n4-c3ccccc3)ccc1n2-c1ccc(-c2cccc(-c3ccccc3)c2)cc1.c1ccc(-c2cccc(-c3ccc(-n4c5ccccc5c5cc(-c6ccc7c(c6)c6ccccc6n7-c6ccc([Si](c7ccccc7)(c7ccccc7)c7ccccc7)cc6)ccc54)cc3)c2)cc1. The van der Waals surface area contributed by atoms with Gasteiger partial charge in [-0.2, -0.15) is 5.26 Å². The highest BCUT2D eigenvalue weighted by atomic mass is 28.3. The molecule has 0 bridgehead atoms. The van der Waals surface area contributed by atoms with Gasteiger partial charge in [0.1, 0.15) is 0 Å². The molecule has 0 N–H and O–H groups in total. The highest BCUT2D eigenvalue weighted by Gasteiger charge is 2.41. The van der Waals surface area contributed by atoms with Gasteiger partial charge in [-0.1, -0.05) is 322 Å². The maximum atomic E-state index is 9.87. The van der Waals surface area contributed by atoms with Crippen LogP contribution >= 0.6 is 0 Å². The number of para-hydroxylation sites is 4. The van der Waals surface area contributed by atoms with Crippen molar-refractivity contribution in [2.75, 3.05) is 0 Å². The summed E-state index contributed by atoms with van der Waals surface area (Å²) in [6.07, 6.45) is 0. The zero-order valence-electron chi connectivity index (χ0n) is 66.2. The fraction of sp³-hybridized carbons (Fsp3) is 0. The summed E-state index contributed by atoms with van der Waals surface area (Å²) in [4.78, 5) is 0. The summed E-state index contributed by atoms with van der Waals surface area (Å²) in [6, 6.07) is 172. The van der Waals surface area contributed by atoms with Gasteiger partial charge in [0.2, 0.25) is 0 Å². The highest BCUT2D eigenvalue weighted by Crippen LogP contribution is 2.43. The molecule has 0 saturated carbocycles. The molecule has 19 aromatic carbocycles. The van der Waals surface area contributed by atoms with Gasteiger partial charge in [-0.25, -0.2) is 0 Å².